The van der Waals surface area contributed by atoms with Gasteiger partial charge in [0, 0.05) is 11.8 Å². The molecule has 0 saturated heterocycles. The lowest BCUT2D eigenvalue weighted by Crippen LogP contribution is -2.70. The van der Waals surface area contributed by atoms with Gasteiger partial charge in [0.15, 0.2) is 28.7 Å². The molecule has 1 aromatic rings. The van der Waals surface area contributed by atoms with Crippen LogP contribution in [0, 0.1) is 35.5 Å². The summed E-state index contributed by atoms with van der Waals surface area (Å²) in [6.07, 6.45) is -0.110. The molecule has 0 aromatic heterocycles. The number of aliphatic hydroxyl groups is 1. The molecule has 4 rings (SSSR count). The van der Waals surface area contributed by atoms with Gasteiger partial charge in [-0.2, -0.15) is 0 Å². The van der Waals surface area contributed by atoms with E-state index < -0.39 is 81.7 Å². The summed E-state index contributed by atoms with van der Waals surface area (Å²) >= 11 is 0. The van der Waals surface area contributed by atoms with E-state index in [-0.39, 0.29) is 29.5 Å². The molecule has 0 spiro atoms. The molecule has 0 heterocycles. The maximum Gasteiger partial charge on any atom is 0.335 e. The number of carbonyl (C=O) groups excluding carboxylic acids is 5. The monoisotopic (exact) mass is 456 g/mol. The molecule has 0 radical (unpaired) electrons. The van der Waals surface area contributed by atoms with E-state index in [1.165, 1.54) is 6.07 Å². The topological polar surface area (TPSA) is 163 Å². The Labute approximate surface area is 188 Å². The van der Waals surface area contributed by atoms with Crippen molar-refractivity contribution in [3.8, 4) is 5.75 Å². The molecule has 6 atom stereocenters. The molecule has 0 amide bonds. The third-order valence-electron chi connectivity index (χ3n) is 7.55. The van der Waals surface area contributed by atoms with Crippen molar-refractivity contribution in [1.82, 2.24) is 0 Å². The fourth-order valence-electron chi connectivity index (χ4n) is 6.17. The lowest BCUT2D eigenvalue weighted by Gasteiger charge is -2.52. The number of hydrogen-bond donors (Lipinski definition) is 3. The lowest BCUT2D eigenvalue weighted by molar-refractivity contribution is -0.182. The first-order chi connectivity index (χ1) is 15.3. The van der Waals surface area contributed by atoms with Crippen LogP contribution < -0.4 is 0 Å². The van der Waals surface area contributed by atoms with Crippen LogP contribution in [-0.2, 0) is 25.6 Å². The molecule has 33 heavy (non-hydrogen) atoms. The van der Waals surface area contributed by atoms with Crippen molar-refractivity contribution in [3.63, 3.8) is 0 Å². The minimum Gasteiger partial charge on any atom is -0.507 e. The van der Waals surface area contributed by atoms with Gasteiger partial charge < -0.3 is 15.3 Å². The first kappa shape index (κ1) is 23.0. The summed E-state index contributed by atoms with van der Waals surface area (Å²) < 4.78 is 0. The van der Waals surface area contributed by atoms with Crippen molar-refractivity contribution in [2.75, 3.05) is 0 Å². The van der Waals surface area contributed by atoms with Crippen LogP contribution in [0.3, 0.4) is 0 Å². The number of carboxylic acid groups (broad SMARTS) is 1. The Morgan fingerprint density at radius 3 is 2.27 bits per heavy atom. The first-order valence-electron chi connectivity index (χ1n) is 10.8. The molecule has 2 fully saturated rings. The van der Waals surface area contributed by atoms with Gasteiger partial charge in [-0.15, -0.1) is 0 Å². The van der Waals surface area contributed by atoms with Gasteiger partial charge in [0.25, 0.3) is 0 Å². The Balaban J connectivity index is 1.90. The number of phenolic OH excluding ortho intramolecular Hbond substituents is 1. The second kappa shape index (κ2) is 7.41. The first-order valence-corrected chi connectivity index (χ1v) is 10.8. The van der Waals surface area contributed by atoms with Gasteiger partial charge in [0.1, 0.15) is 17.5 Å². The van der Waals surface area contributed by atoms with Crippen molar-refractivity contribution in [2.24, 2.45) is 35.5 Å². The SMILES string of the molecule is CC(=O)C1C(=O)C(C(C)C)[C@H]2C[C@H]3Cc4c(C(=O)O)ccc(O)c4C(=O)C3C(=O)[C@@]2(O)C1=O. The number of benzene rings is 1. The highest BCUT2D eigenvalue weighted by Crippen LogP contribution is 2.53. The molecule has 9 heteroatoms. The predicted octanol–water partition coefficient (Wildman–Crippen LogP) is 1.01. The van der Waals surface area contributed by atoms with Crippen molar-refractivity contribution >= 4 is 34.9 Å². The number of aromatic carboxylic acids is 1. The third-order valence-corrected chi connectivity index (χ3v) is 7.55. The lowest BCUT2D eigenvalue weighted by atomic mass is 9.49. The second-order valence-corrected chi connectivity index (χ2v) is 9.65. The number of carboxylic acids is 1. The number of aromatic hydroxyl groups is 1. The van der Waals surface area contributed by atoms with E-state index in [1.54, 1.807) is 13.8 Å². The van der Waals surface area contributed by atoms with Crippen molar-refractivity contribution in [1.29, 1.82) is 0 Å². The van der Waals surface area contributed by atoms with Crippen LogP contribution in [0.15, 0.2) is 12.1 Å². The maximum absolute atomic E-state index is 13.6. The zero-order valence-corrected chi connectivity index (χ0v) is 18.3. The van der Waals surface area contributed by atoms with E-state index in [9.17, 15) is 44.1 Å². The number of ketones is 5. The Kier molecular flexibility index (Phi) is 5.16. The fraction of sp³-hybridized carbons (Fsp3) is 0.500. The number of carbonyl (C=O) groups is 6. The highest BCUT2D eigenvalue weighted by molar-refractivity contribution is 6.32. The summed E-state index contributed by atoms with van der Waals surface area (Å²) in [6, 6.07) is 2.23. The number of fused-ring (bicyclic) bond motifs is 3. The van der Waals surface area contributed by atoms with Crippen molar-refractivity contribution in [3.05, 3.63) is 28.8 Å². The zero-order valence-electron chi connectivity index (χ0n) is 18.3. The van der Waals surface area contributed by atoms with Crippen LogP contribution in [-0.4, -0.2) is 55.8 Å². The van der Waals surface area contributed by atoms with Gasteiger partial charge in [-0.25, -0.2) is 4.79 Å². The molecule has 174 valence electrons. The molecule has 3 aliphatic carbocycles. The highest BCUT2D eigenvalue weighted by Gasteiger charge is 2.68. The highest BCUT2D eigenvalue weighted by atomic mass is 16.4. The van der Waals surface area contributed by atoms with Crippen LogP contribution in [0.5, 0.6) is 5.75 Å². The summed E-state index contributed by atoms with van der Waals surface area (Å²) in [5.74, 6) is -12.9. The van der Waals surface area contributed by atoms with E-state index >= 15 is 0 Å². The maximum atomic E-state index is 13.6. The largest absolute Gasteiger partial charge is 0.507 e. The molecule has 9 nitrogen and oxygen atoms in total. The smallest absolute Gasteiger partial charge is 0.335 e. The summed E-state index contributed by atoms with van der Waals surface area (Å²) in [6.45, 7) is 4.42. The van der Waals surface area contributed by atoms with Crippen LogP contribution in [0.1, 0.15) is 53.5 Å². The minimum absolute atomic E-state index is 0.0522. The minimum atomic E-state index is -2.69. The number of hydrogen-bond acceptors (Lipinski definition) is 8. The van der Waals surface area contributed by atoms with Crippen LogP contribution >= 0.6 is 0 Å². The van der Waals surface area contributed by atoms with Crippen molar-refractivity contribution in [2.45, 2.75) is 39.2 Å². The predicted molar refractivity (Wildman–Crippen MR) is 111 cm³/mol. The molecule has 3 N–H and O–H groups in total. The van der Waals surface area contributed by atoms with Gasteiger partial charge in [0.2, 0.25) is 0 Å². The number of phenols is 1. The Morgan fingerprint density at radius 1 is 1.09 bits per heavy atom. The summed E-state index contributed by atoms with van der Waals surface area (Å²) in [5.41, 5.74) is -3.10. The zero-order chi connectivity index (χ0) is 24.6. The van der Waals surface area contributed by atoms with Gasteiger partial charge in [-0.1, -0.05) is 13.8 Å². The van der Waals surface area contributed by atoms with Crippen LogP contribution in [0.4, 0.5) is 0 Å². The number of Topliss-reactive ketones (excluding diaryl/α,β-unsaturated/α-hetero) is 5. The molecule has 0 bridgehead atoms. The van der Waals surface area contributed by atoms with Crippen LogP contribution in [0.2, 0.25) is 0 Å². The normalized spacial score (nSPS) is 33.4. The Hall–Kier alpha value is -3.20. The summed E-state index contributed by atoms with van der Waals surface area (Å²) in [4.78, 5) is 77.1. The van der Waals surface area contributed by atoms with Crippen molar-refractivity contribution < 1.29 is 44.1 Å². The summed E-state index contributed by atoms with van der Waals surface area (Å²) in [5, 5.41) is 31.3. The quantitative estimate of drug-likeness (QED) is 0.563. The average Bonchev–Trinajstić information content (AvgIpc) is 2.70. The molecule has 0 aliphatic heterocycles. The van der Waals surface area contributed by atoms with Gasteiger partial charge in [0.05, 0.1) is 17.0 Å². The van der Waals surface area contributed by atoms with Gasteiger partial charge in [-0.05, 0) is 49.3 Å². The van der Waals surface area contributed by atoms with E-state index in [4.69, 9.17) is 0 Å². The third kappa shape index (κ3) is 2.95. The second-order valence-electron chi connectivity index (χ2n) is 9.65. The van der Waals surface area contributed by atoms with E-state index in [1.807, 2.05) is 0 Å². The molecule has 1 aromatic carbocycles. The molecular formula is C24H24O9. The van der Waals surface area contributed by atoms with Gasteiger partial charge >= 0.3 is 5.97 Å². The van der Waals surface area contributed by atoms with E-state index in [2.05, 4.69) is 0 Å². The van der Waals surface area contributed by atoms with Crippen LogP contribution in [0.25, 0.3) is 0 Å². The molecule has 3 aliphatic rings. The summed E-state index contributed by atoms with van der Waals surface area (Å²) in [7, 11) is 0. The molecular weight excluding hydrogens is 432 g/mol. The van der Waals surface area contributed by atoms with E-state index in [0.717, 1.165) is 13.0 Å². The van der Waals surface area contributed by atoms with Gasteiger partial charge in [-0.3, -0.25) is 24.0 Å². The Morgan fingerprint density at radius 2 is 1.73 bits per heavy atom. The standard InChI is InChI=1S/C24H24O9/c1-8(2)15-13-7-10-6-12-11(23(31)32)4-5-14(26)18(12)20(28)17(10)22(30)24(13,33)21(29)16(9(3)25)19(15)27/h4-5,8,10,13,15-17,26,33H,6-7H2,1-3H3,(H,31,32)/t10-,13-,15?,16?,17?,24+/m1/s1. The molecule has 3 unspecified atom stereocenters. The average molecular weight is 456 g/mol. The fourth-order valence-corrected chi connectivity index (χ4v) is 6.17. The number of rotatable bonds is 3. The van der Waals surface area contributed by atoms with E-state index in [0.29, 0.717) is 0 Å². The molecule has 2 saturated carbocycles. The Bertz CT molecular complexity index is 1150.